The molecule has 0 amide bonds. The van der Waals surface area contributed by atoms with Crippen molar-refractivity contribution in [1.82, 2.24) is 9.80 Å². The maximum absolute atomic E-state index is 5.56. The molecule has 0 radical (unpaired) electrons. The van der Waals surface area contributed by atoms with Crippen LogP contribution in [0.2, 0.25) is 0 Å². The van der Waals surface area contributed by atoms with Crippen molar-refractivity contribution < 1.29 is 4.74 Å². The molecule has 3 nitrogen and oxygen atoms in total. The van der Waals surface area contributed by atoms with Crippen LogP contribution in [0.3, 0.4) is 0 Å². The number of halogens is 1. The van der Waals surface area contributed by atoms with Gasteiger partial charge in [-0.15, -0.1) is 0 Å². The van der Waals surface area contributed by atoms with E-state index in [9.17, 15) is 0 Å². The molecule has 19 heavy (non-hydrogen) atoms. The van der Waals surface area contributed by atoms with Gasteiger partial charge in [0.2, 0.25) is 0 Å². The maximum atomic E-state index is 5.56. The molecule has 3 rings (SSSR count). The smallest absolute Gasteiger partial charge is 0.0472 e. The van der Waals surface area contributed by atoms with Gasteiger partial charge in [0, 0.05) is 37.7 Å². The first-order valence-corrected chi connectivity index (χ1v) is 9.04. The molecular formula is C15H27BrN2O. The Hall–Kier alpha value is 0.360. The molecule has 0 aromatic rings. The second-order valence-corrected chi connectivity index (χ2v) is 7.23. The van der Waals surface area contributed by atoms with E-state index in [1.807, 2.05) is 0 Å². The molecule has 3 aliphatic heterocycles. The Balaban J connectivity index is 1.61. The zero-order chi connectivity index (χ0) is 13.1. The van der Waals surface area contributed by atoms with Crippen LogP contribution in [0.1, 0.15) is 32.1 Å². The minimum Gasteiger partial charge on any atom is -0.381 e. The van der Waals surface area contributed by atoms with E-state index in [4.69, 9.17) is 4.74 Å². The van der Waals surface area contributed by atoms with Crippen LogP contribution in [-0.4, -0.2) is 67.1 Å². The first-order valence-electron chi connectivity index (χ1n) is 7.91. The summed E-state index contributed by atoms with van der Waals surface area (Å²) in [6.45, 7) is 8.44. The molecule has 0 spiro atoms. The van der Waals surface area contributed by atoms with Gasteiger partial charge in [-0.25, -0.2) is 0 Å². The topological polar surface area (TPSA) is 15.7 Å². The van der Waals surface area contributed by atoms with E-state index < -0.39 is 0 Å². The summed E-state index contributed by atoms with van der Waals surface area (Å²) in [5.41, 5.74) is 0.464. The maximum Gasteiger partial charge on any atom is 0.0472 e. The molecule has 0 aromatic heterocycles. The molecule has 3 saturated heterocycles. The molecule has 0 saturated carbocycles. The van der Waals surface area contributed by atoms with E-state index in [1.165, 1.54) is 64.8 Å². The first kappa shape index (κ1) is 14.3. The standard InChI is InChI=1S/C15H27BrN2O/c16-12-15(4-9-19-10-5-15)13-17-6-2-8-18-7-1-3-14(18)11-17/h14H,1-13H2. The van der Waals surface area contributed by atoms with Gasteiger partial charge in [0.05, 0.1) is 0 Å². The molecule has 0 N–H and O–H groups in total. The monoisotopic (exact) mass is 330 g/mol. The number of hydrogen-bond donors (Lipinski definition) is 0. The molecule has 3 aliphatic rings. The normalized spacial score (nSPS) is 33.0. The second-order valence-electron chi connectivity index (χ2n) is 6.67. The predicted octanol–water partition coefficient (Wildman–Crippen LogP) is 2.35. The van der Waals surface area contributed by atoms with Gasteiger partial charge in [-0.3, -0.25) is 4.90 Å². The fourth-order valence-electron chi connectivity index (χ4n) is 4.04. The predicted molar refractivity (Wildman–Crippen MR) is 81.9 cm³/mol. The van der Waals surface area contributed by atoms with Crippen molar-refractivity contribution in [2.45, 2.75) is 38.1 Å². The molecule has 0 bridgehead atoms. The Morgan fingerprint density at radius 2 is 1.89 bits per heavy atom. The van der Waals surface area contributed by atoms with Crippen LogP contribution in [0.15, 0.2) is 0 Å². The van der Waals surface area contributed by atoms with Gasteiger partial charge >= 0.3 is 0 Å². The summed E-state index contributed by atoms with van der Waals surface area (Å²) in [5, 5.41) is 1.13. The van der Waals surface area contributed by atoms with Gasteiger partial charge < -0.3 is 9.64 Å². The number of rotatable bonds is 3. The highest BCUT2D eigenvalue weighted by atomic mass is 79.9. The van der Waals surface area contributed by atoms with Crippen molar-refractivity contribution in [3.8, 4) is 0 Å². The highest BCUT2D eigenvalue weighted by Crippen LogP contribution is 2.34. The summed E-state index contributed by atoms with van der Waals surface area (Å²) in [6.07, 6.45) is 6.63. The number of hydrogen-bond acceptors (Lipinski definition) is 3. The Kier molecular flexibility index (Phi) is 4.83. The summed E-state index contributed by atoms with van der Waals surface area (Å²) in [4.78, 5) is 5.48. The quantitative estimate of drug-likeness (QED) is 0.739. The van der Waals surface area contributed by atoms with Crippen LogP contribution in [-0.2, 0) is 4.74 Å². The van der Waals surface area contributed by atoms with Crippen LogP contribution in [0.4, 0.5) is 0 Å². The number of fused-ring (bicyclic) bond motifs is 1. The number of nitrogens with zero attached hydrogens (tertiary/aromatic N) is 2. The average molecular weight is 331 g/mol. The van der Waals surface area contributed by atoms with Crippen LogP contribution in [0.25, 0.3) is 0 Å². The van der Waals surface area contributed by atoms with Crippen molar-refractivity contribution in [3.63, 3.8) is 0 Å². The largest absolute Gasteiger partial charge is 0.381 e. The van der Waals surface area contributed by atoms with Gasteiger partial charge in [0.25, 0.3) is 0 Å². The fraction of sp³-hybridized carbons (Fsp3) is 1.00. The van der Waals surface area contributed by atoms with Gasteiger partial charge in [0.1, 0.15) is 0 Å². The fourth-order valence-corrected chi connectivity index (χ4v) is 4.78. The summed E-state index contributed by atoms with van der Waals surface area (Å²) in [6, 6.07) is 0.842. The van der Waals surface area contributed by atoms with Crippen LogP contribution < -0.4 is 0 Å². The molecule has 1 atom stereocenters. The van der Waals surface area contributed by atoms with Crippen molar-refractivity contribution in [2.75, 3.05) is 51.3 Å². The highest BCUT2D eigenvalue weighted by molar-refractivity contribution is 9.09. The minimum atomic E-state index is 0.464. The zero-order valence-electron chi connectivity index (χ0n) is 12.0. The summed E-state index contributed by atoms with van der Waals surface area (Å²) < 4.78 is 5.56. The zero-order valence-corrected chi connectivity index (χ0v) is 13.5. The highest BCUT2D eigenvalue weighted by Gasteiger charge is 2.36. The lowest BCUT2D eigenvalue weighted by molar-refractivity contribution is 0.00733. The van der Waals surface area contributed by atoms with Crippen LogP contribution in [0, 0.1) is 5.41 Å². The van der Waals surface area contributed by atoms with E-state index in [0.29, 0.717) is 5.41 Å². The van der Waals surface area contributed by atoms with Gasteiger partial charge in [-0.1, -0.05) is 15.9 Å². The van der Waals surface area contributed by atoms with Crippen LogP contribution >= 0.6 is 15.9 Å². The Bertz CT molecular complexity index is 294. The lowest BCUT2D eigenvalue weighted by Crippen LogP contribution is -2.45. The van der Waals surface area contributed by atoms with Gasteiger partial charge in [0.15, 0.2) is 0 Å². The van der Waals surface area contributed by atoms with E-state index in [2.05, 4.69) is 25.7 Å². The molecule has 0 aliphatic carbocycles. The van der Waals surface area contributed by atoms with E-state index >= 15 is 0 Å². The number of alkyl halides is 1. The van der Waals surface area contributed by atoms with Crippen molar-refractivity contribution in [1.29, 1.82) is 0 Å². The van der Waals surface area contributed by atoms with E-state index in [1.54, 1.807) is 0 Å². The molecular weight excluding hydrogens is 304 g/mol. The lowest BCUT2D eigenvalue weighted by Gasteiger charge is -2.40. The van der Waals surface area contributed by atoms with Crippen molar-refractivity contribution in [3.05, 3.63) is 0 Å². The molecule has 1 unspecified atom stereocenters. The third-order valence-electron chi connectivity index (χ3n) is 5.28. The molecule has 3 fully saturated rings. The summed E-state index contributed by atoms with van der Waals surface area (Å²) >= 11 is 3.78. The minimum absolute atomic E-state index is 0.464. The van der Waals surface area contributed by atoms with Crippen molar-refractivity contribution in [2.24, 2.45) is 5.41 Å². The average Bonchev–Trinajstić information content (AvgIpc) is 2.79. The van der Waals surface area contributed by atoms with E-state index in [-0.39, 0.29) is 0 Å². The Labute approximate surface area is 125 Å². The van der Waals surface area contributed by atoms with Gasteiger partial charge in [-0.2, -0.15) is 0 Å². The van der Waals surface area contributed by atoms with Gasteiger partial charge in [-0.05, 0) is 57.2 Å². The Morgan fingerprint density at radius 3 is 2.68 bits per heavy atom. The molecule has 3 heterocycles. The second kappa shape index (κ2) is 6.42. The summed E-state index contributed by atoms with van der Waals surface area (Å²) in [7, 11) is 0. The third-order valence-corrected chi connectivity index (χ3v) is 6.47. The third kappa shape index (κ3) is 3.34. The lowest BCUT2D eigenvalue weighted by atomic mass is 9.81. The SMILES string of the molecule is BrCC1(CN2CCCN3CCCC3C2)CCOCC1. The number of ether oxygens (including phenoxy) is 1. The van der Waals surface area contributed by atoms with Crippen molar-refractivity contribution >= 4 is 15.9 Å². The Morgan fingerprint density at radius 1 is 1.11 bits per heavy atom. The van der Waals surface area contributed by atoms with E-state index in [0.717, 1.165) is 24.6 Å². The molecule has 110 valence electrons. The first-order chi connectivity index (χ1) is 9.31. The van der Waals surface area contributed by atoms with Crippen LogP contribution in [0.5, 0.6) is 0 Å². The molecule has 0 aromatic carbocycles. The summed E-state index contributed by atoms with van der Waals surface area (Å²) in [5.74, 6) is 0. The molecule has 4 heteroatoms.